The molecular formula is C13H11F3N4O2. The first-order valence-electron chi connectivity index (χ1n) is 6.34. The number of aromatic amines is 1. The second-order valence-corrected chi connectivity index (χ2v) is 5.09. The number of hydrogen-bond donors (Lipinski definition) is 3. The predicted octanol–water partition coefficient (Wildman–Crippen LogP) is 2.30. The summed E-state index contributed by atoms with van der Waals surface area (Å²) in [6.07, 6.45) is -2.96. The van der Waals surface area contributed by atoms with Crippen LogP contribution in [0.15, 0.2) is 34.6 Å². The van der Waals surface area contributed by atoms with Crippen LogP contribution >= 0.6 is 0 Å². The van der Waals surface area contributed by atoms with Crippen LogP contribution in [0.3, 0.4) is 0 Å². The van der Waals surface area contributed by atoms with E-state index in [9.17, 15) is 18.0 Å². The van der Waals surface area contributed by atoms with Crippen molar-refractivity contribution in [2.75, 3.05) is 0 Å². The monoisotopic (exact) mass is 312 g/mol. The van der Waals surface area contributed by atoms with Gasteiger partial charge in [0.25, 0.3) is 0 Å². The summed E-state index contributed by atoms with van der Waals surface area (Å²) >= 11 is 0. The Kier molecular flexibility index (Phi) is 2.99. The number of halogens is 3. The average Bonchev–Trinajstić information content (AvgIpc) is 3.17. The van der Waals surface area contributed by atoms with E-state index < -0.39 is 23.9 Å². The molecule has 0 saturated heterocycles. The lowest BCUT2D eigenvalue weighted by Gasteiger charge is -2.14. The maximum Gasteiger partial charge on any atom is 0.442 e. The number of carbonyl (C=O) groups is 1. The van der Waals surface area contributed by atoms with Gasteiger partial charge in [0, 0.05) is 29.1 Å². The van der Waals surface area contributed by atoms with Gasteiger partial charge < -0.3 is 15.8 Å². The third kappa shape index (κ3) is 2.13. The summed E-state index contributed by atoms with van der Waals surface area (Å²) < 4.78 is 38.9. The SMILES string of the molecule is N[C@@H](Cc1c[nH]c2cc(C3(C(F)(F)F)N=N3)ccc12)C(=O)O. The lowest BCUT2D eigenvalue weighted by molar-refractivity contribution is -0.166. The molecule has 22 heavy (non-hydrogen) atoms. The van der Waals surface area contributed by atoms with Crippen molar-refractivity contribution in [1.82, 2.24) is 4.98 Å². The molecule has 1 aromatic carbocycles. The van der Waals surface area contributed by atoms with Gasteiger partial charge in [-0.15, -0.1) is 10.2 Å². The molecular weight excluding hydrogens is 301 g/mol. The first kappa shape index (κ1) is 14.5. The van der Waals surface area contributed by atoms with Gasteiger partial charge in [0.15, 0.2) is 0 Å². The maximum atomic E-state index is 13.0. The van der Waals surface area contributed by atoms with Crippen molar-refractivity contribution in [3.05, 3.63) is 35.5 Å². The van der Waals surface area contributed by atoms with E-state index in [4.69, 9.17) is 10.8 Å². The zero-order valence-corrected chi connectivity index (χ0v) is 11.1. The highest BCUT2D eigenvalue weighted by molar-refractivity contribution is 5.85. The fourth-order valence-electron chi connectivity index (χ4n) is 2.34. The van der Waals surface area contributed by atoms with Crippen molar-refractivity contribution in [3.63, 3.8) is 0 Å². The number of aromatic nitrogens is 1. The van der Waals surface area contributed by atoms with Crippen molar-refractivity contribution in [2.24, 2.45) is 16.0 Å². The lowest BCUT2D eigenvalue weighted by Crippen LogP contribution is -2.32. The second kappa shape index (κ2) is 4.54. The van der Waals surface area contributed by atoms with Crippen LogP contribution < -0.4 is 5.73 Å². The van der Waals surface area contributed by atoms with Gasteiger partial charge in [0.2, 0.25) is 0 Å². The summed E-state index contributed by atoms with van der Waals surface area (Å²) in [6, 6.07) is 3.02. The molecule has 9 heteroatoms. The molecule has 4 N–H and O–H groups in total. The van der Waals surface area contributed by atoms with Crippen molar-refractivity contribution in [2.45, 2.75) is 24.3 Å². The normalized spacial score (nSPS) is 17.6. The Morgan fingerprint density at radius 1 is 1.41 bits per heavy atom. The molecule has 0 amide bonds. The van der Waals surface area contributed by atoms with Gasteiger partial charge in [-0.05, 0) is 11.6 Å². The number of aliphatic carboxylic acids is 1. The molecule has 0 unspecified atom stereocenters. The zero-order valence-electron chi connectivity index (χ0n) is 11.1. The van der Waals surface area contributed by atoms with Crippen LogP contribution in [0.2, 0.25) is 0 Å². The smallest absolute Gasteiger partial charge is 0.442 e. The molecule has 3 rings (SSSR count). The minimum absolute atomic E-state index is 0.0772. The van der Waals surface area contributed by atoms with Gasteiger partial charge in [-0.2, -0.15) is 13.2 Å². The van der Waals surface area contributed by atoms with Gasteiger partial charge in [0.05, 0.1) is 0 Å². The standard InChI is InChI=1S/C13H11F3N4O2/c14-13(15,16)12(19-20-12)7-1-2-8-6(3-9(17)11(21)22)5-18-10(8)4-7/h1-2,4-5,9,18H,3,17H2,(H,21,22)/t9-/m0/s1. The molecule has 2 aromatic rings. The van der Waals surface area contributed by atoms with E-state index in [1.165, 1.54) is 18.2 Å². The first-order valence-corrected chi connectivity index (χ1v) is 6.34. The molecule has 0 fully saturated rings. The number of nitrogens with zero attached hydrogens (tertiary/aromatic N) is 2. The second-order valence-electron chi connectivity index (χ2n) is 5.09. The van der Waals surface area contributed by atoms with Gasteiger partial charge in [0.1, 0.15) is 6.04 Å². The van der Waals surface area contributed by atoms with Gasteiger partial charge in [-0.3, -0.25) is 4.79 Å². The van der Waals surface area contributed by atoms with Gasteiger partial charge in [-0.1, -0.05) is 12.1 Å². The van der Waals surface area contributed by atoms with E-state index in [0.29, 0.717) is 16.5 Å². The summed E-state index contributed by atoms with van der Waals surface area (Å²) in [5.74, 6) is -1.14. The molecule has 0 radical (unpaired) electrons. The van der Waals surface area contributed by atoms with E-state index in [1.54, 1.807) is 6.20 Å². The number of carboxylic acids is 1. The van der Waals surface area contributed by atoms with E-state index >= 15 is 0 Å². The van der Waals surface area contributed by atoms with Crippen molar-refractivity contribution >= 4 is 16.9 Å². The minimum Gasteiger partial charge on any atom is -0.480 e. The van der Waals surface area contributed by atoms with Gasteiger partial charge in [-0.25, -0.2) is 0 Å². The minimum atomic E-state index is -4.58. The number of nitrogens with one attached hydrogen (secondary N) is 1. The molecule has 116 valence electrons. The molecule has 0 bridgehead atoms. The third-order valence-electron chi connectivity index (χ3n) is 3.62. The Morgan fingerprint density at radius 3 is 2.64 bits per heavy atom. The van der Waals surface area contributed by atoms with Crippen molar-refractivity contribution in [1.29, 1.82) is 0 Å². The fourth-order valence-corrected chi connectivity index (χ4v) is 2.34. The van der Waals surface area contributed by atoms with Crippen LogP contribution in [0.5, 0.6) is 0 Å². The molecule has 1 aliphatic heterocycles. The Bertz CT molecular complexity index is 775. The highest BCUT2D eigenvalue weighted by Crippen LogP contribution is 2.52. The molecule has 0 spiro atoms. The predicted molar refractivity (Wildman–Crippen MR) is 70.2 cm³/mol. The number of nitrogens with two attached hydrogens (primary N) is 1. The summed E-state index contributed by atoms with van der Waals surface area (Å²) in [7, 11) is 0. The topological polar surface area (TPSA) is 104 Å². The number of hydrogen-bond acceptors (Lipinski definition) is 4. The van der Waals surface area contributed by atoms with Crippen molar-refractivity contribution < 1.29 is 23.1 Å². The first-order chi connectivity index (χ1) is 10.2. The number of H-pyrrole nitrogens is 1. The molecule has 0 aliphatic carbocycles. The molecule has 6 nitrogen and oxygen atoms in total. The molecule has 1 aromatic heterocycles. The van der Waals surface area contributed by atoms with Gasteiger partial charge >= 0.3 is 17.8 Å². The highest BCUT2D eigenvalue weighted by atomic mass is 19.4. The molecule has 1 atom stereocenters. The van der Waals surface area contributed by atoms with E-state index in [0.717, 1.165) is 0 Å². The fraction of sp³-hybridized carbons (Fsp3) is 0.308. The lowest BCUT2D eigenvalue weighted by atomic mass is 9.99. The molecule has 0 saturated carbocycles. The number of carboxylic acid groups (broad SMARTS) is 1. The number of rotatable bonds is 4. The van der Waals surface area contributed by atoms with Crippen LogP contribution in [-0.4, -0.2) is 28.3 Å². The number of fused-ring (bicyclic) bond motifs is 1. The maximum absolute atomic E-state index is 13.0. The number of alkyl halides is 3. The van der Waals surface area contributed by atoms with Crippen LogP contribution in [-0.2, 0) is 16.9 Å². The highest BCUT2D eigenvalue weighted by Gasteiger charge is 2.65. The Hall–Kier alpha value is -2.42. The Morgan fingerprint density at radius 2 is 2.09 bits per heavy atom. The van der Waals surface area contributed by atoms with Crippen LogP contribution in [0.4, 0.5) is 13.2 Å². The van der Waals surface area contributed by atoms with E-state index in [-0.39, 0.29) is 12.0 Å². The van der Waals surface area contributed by atoms with E-state index in [1.807, 2.05) is 0 Å². The van der Waals surface area contributed by atoms with Crippen LogP contribution in [0.1, 0.15) is 11.1 Å². The zero-order chi connectivity index (χ0) is 16.1. The van der Waals surface area contributed by atoms with E-state index in [2.05, 4.69) is 15.2 Å². The van der Waals surface area contributed by atoms with Crippen molar-refractivity contribution in [3.8, 4) is 0 Å². The van der Waals surface area contributed by atoms with Crippen LogP contribution in [0, 0.1) is 0 Å². The Balaban J connectivity index is 1.95. The molecule has 1 aliphatic rings. The largest absolute Gasteiger partial charge is 0.480 e. The summed E-state index contributed by atoms with van der Waals surface area (Å²) in [4.78, 5) is 13.6. The summed E-state index contributed by atoms with van der Waals surface area (Å²) in [5.41, 5.74) is 4.00. The Labute approximate surface area is 121 Å². The molecule has 2 heterocycles. The summed E-state index contributed by atoms with van der Waals surface area (Å²) in [5, 5.41) is 15.7. The number of benzene rings is 1. The van der Waals surface area contributed by atoms with Crippen LogP contribution in [0.25, 0.3) is 10.9 Å². The quantitative estimate of drug-likeness (QED) is 0.807. The summed E-state index contributed by atoms with van der Waals surface area (Å²) in [6.45, 7) is 0. The average molecular weight is 312 g/mol. The third-order valence-corrected chi connectivity index (χ3v) is 3.62.